The number of methoxy groups -OCH3 is 1. The van der Waals surface area contributed by atoms with Crippen LogP contribution in [0.25, 0.3) is 0 Å². The Labute approximate surface area is 52.0 Å². The van der Waals surface area contributed by atoms with Crippen LogP contribution in [0, 0.1) is 12.0 Å². The Morgan fingerprint density at radius 2 is 2.11 bits per heavy atom. The Morgan fingerprint density at radius 3 is 2.44 bits per heavy atom. The number of hydrogen-bond acceptors (Lipinski definition) is 4. The van der Waals surface area contributed by atoms with Crippen LogP contribution in [-0.4, -0.2) is 18.9 Å². The van der Waals surface area contributed by atoms with Gasteiger partial charge in [0.15, 0.2) is 0 Å². The van der Waals surface area contributed by atoms with Crippen molar-refractivity contribution in [3.63, 3.8) is 0 Å². The van der Waals surface area contributed by atoms with Crippen LogP contribution in [0.3, 0.4) is 0 Å². The van der Waals surface area contributed by atoms with Gasteiger partial charge in [0.25, 0.3) is 0 Å². The highest BCUT2D eigenvalue weighted by Gasteiger charge is 2.08. The molecule has 2 N–H and O–H groups in total. The molecule has 0 aromatic carbocycles. The van der Waals surface area contributed by atoms with E-state index in [2.05, 4.69) is 10.5 Å². The van der Waals surface area contributed by atoms with Gasteiger partial charge in [0, 0.05) is 12.0 Å². The fourth-order valence-corrected chi connectivity index (χ4v) is 0.209. The fraction of sp³-hybridized carbons (Fsp3) is 0.200. The number of carbonyl (C=O) groups excluding carboxylic acids is 2. The molecule has 0 radical (unpaired) electrons. The smallest absolute Gasteiger partial charge is 0.387 e. The number of ketones is 1. The average Bonchev–Trinajstić information content (AvgIpc) is 1.87. The molecule has 0 bridgehead atoms. The third-order valence-electron chi connectivity index (χ3n) is 0.556. The third-order valence-corrected chi connectivity index (χ3v) is 0.556. The lowest BCUT2D eigenvalue weighted by Crippen LogP contribution is -2.13. The van der Waals surface area contributed by atoms with Gasteiger partial charge < -0.3 is 10.5 Å². The number of esters is 1. The fourth-order valence-electron chi connectivity index (χ4n) is 0.209. The van der Waals surface area contributed by atoms with Crippen molar-refractivity contribution in [3.8, 4) is 12.0 Å². The number of rotatable bonds is 1. The number of hydrogen-bond donors (Lipinski definition) is 1. The second-order valence-corrected chi connectivity index (χ2v) is 1.09. The predicted molar refractivity (Wildman–Crippen MR) is 29.0 cm³/mol. The Balaban J connectivity index is 4.00. The van der Waals surface area contributed by atoms with Crippen LogP contribution in [0.15, 0.2) is 0 Å². The third kappa shape index (κ3) is 2.34. The van der Waals surface area contributed by atoms with E-state index < -0.39 is 11.8 Å². The second-order valence-electron chi connectivity index (χ2n) is 1.09. The number of carbonyl (C=O) groups is 2. The average molecular weight is 127 g/mol. The lowest BCUT2D eigenvalue weighted by molar-refractivity contribution is -0.149. The summed E-state index contributed by atoms with van der Waals surface area (Å²) in [5, 5.41) is 0. The summed E-state index contributed by atoms with van der Waals surface area (Å²) in [6.45, 7) is 0. The van der Waals surface area contributed by atoms with Gasteiger partial charge in [-0.25, -0.2) is 4.79 Å². The first-order chi connectivity index (χ1) is 4.22. The van der Waals surface area contributed by atoms with Crippen molar-refractivity contribution in [3.05, 3.63) is 0 Å². The van der Waals surface area contributed by atoms with E-state index in [0.29, 0.717) is 0 Å². The van der Waals surface area contributed by atoms with Crippen molar-refractivity contribution >= 4 is 11.8 Å². The quantitative estimate of drug-likeness (QED) is 0.204. The Bertz CT molecular complexity index is 186. The van der Waals surface area contributed by atoms with Crippen LogP contribution >= 0.6 is 0 Å². The lowest BCUT2D eigenvalue weighted by atomic mass is 10.4. The maximum Gasteiger partial charge on any atom is 0.387 e. The SMILES string of the molecule is COC(=O)C(=O)C#CN. The summed E-state index contributed by atoms with van der Waals surface area (Å²) in [6.07, 6.45) is 0. The van der Waals surface area contributed by atoms with Crippen LogP contribution in [0.1, 0.15) is 0 Å². The van der Waals surface area contributed by atoms with Crippen molar-refractivity contribution in [2.45, 2.75) is 0 Å². The minimum atomic E-state index is -0.993. The molecule has 0 atom stereocenters. The molecule has 4 nitrogen and oxygen atoms in total. The molecule has 0 saturated heterocycles. The highest BCUT2D eigenvalue weighted by molar-refractivity contribution is 6.40. The zero-order chi connectivity index (χ0) is 7.28. The molecule has 9 heavy (non-hydrogen) atoms. The predicted octanol–water partition coefficient (Wildman–Crippen LogP) is -1.35. The molecule has 48 valence electrons. The van der Waals surface area contributed by atoms with Gasteiger partial charge in [-0.05, 0) is 0 Å². The second kappa shape index (κ2) is 3.50. The van der Waals surface area contributed by atoms with Crippen molar-refractivity contribution in [1.29, 1.82) is 0 Å². The molecule has 0 unspecified atom stereocenters. The number of ether oxygens (including phenoxy) is 1. The minimum absolute atomic E-state index is 0.931. The van der Waals surface area contributed by atoms with Crippen LogP contribution in [0.5, 0.6) is 0 Å². The summed E-state index contributed by atoms with van der Waals surface area (Å²) >= 11 is 0. The minimum Gasteiger partial charge on any atom is -0.463 e. The molecule has 0 spiro atoms. The molecule has 0 heterocycles. The Hall–Kier alpha value is -1.50. The van der Waals surface area contributed by atoms with E-state index in [1.165, 1.54) is 0 Å². The molecule has 0 rings (SSSR count). The molecule has 4 heteroatoms. The first-order valence-electron chi connectivity index (χ1n) is 2.06. The topological polar surface area (TPSA) is 69.4 Å². The molecular weight excluding hydrogens is 122 g/mol. The molecule has 0 fully saturated rings. The molecule has 0 aliphatic rings. The highest BCUT2D eigenvalue weighted by atomic mass is 16.5. The van der Waals surface area contributed by atoms with E-state index in [0.717, 1.165) is 7.11 Å². The van der Waals surface area contributed by atoms with Gasteiger partial charge in [0.1, 0.15) is 0 Å². The van der Waals surface area contributed by atoms with Gasteiger partial charge in [-0.2, -0.15) is 0 Å². The normalized spacial score (nSPS) is 6.78. The zero-order valence-corrected chi connectivity index (χ0v) is 4.80. The summed E-state index contributed by atoms with van der Waals surface area (Å²) in [6, 6.07) is 1.78. The summed E-state index contributed by atoms with van der Waals surface area (Å²) in [5.41, 5.74) is 4.63. The van der Waals surface area contributed by atoms with E-state index >= 15 is 0 Å². The van der Waals surface area contributed by atoms with E-state index in [4.69, 9.17) is 0 Å². The first kappa shape index (κ1) is 7.50. The lowest BCUT2D eigenvalue weighted by Gasteiger charge is -1.86. The van der Waals surface area contributed by atoms with Crippen molar-refractivity contribution in [2.75, 3.05) is 7.11 Å². The zero-order valence-electron chi connectivity index (χ0n) is 4.80. The summed E-state index contributed by atoms with van der Waals surface area (Å²) in [4.78, 5) is 20.4. The molecule has 0 aromatic rings. The van der Waals surface area contributed by atoms with Crippen molar-refractivity contribution in [2.24, 2.45) is 5.73 Å². The highest BCUT2D eigenvalue weighted by Crippen LogP contribution is 1.73. The molecule has 0 aliphatic carbocycles. The maximum atomic E-state index is 10.2. The number of Topliss-reactive ketones (excluding diaryl/α,β-unsaturated/α-hetero) is 1. The van der Waals surface area contributed by atoms with Crippen LogP contribution in [0.4, 0.5) is 0 Å². The maximum absolute atomic E-state index is 10.2. The molecule has 0 aliphatic heterocycles. The first-order valence-corrected chi connectivity index (χ1v) is 2.06. The molecule has 0 saturated carbocycles. The largest absolute Gasteiger partial charge is 0.463 e. The molecule has 0 aromatic heterocycles. The van der Waals surface area contributed by atoms with Gasteiger partial charge in [0.2, 0.25) is 0 Å². The van der Waals surface area contributed by atoms with E-state index in [-0.39, 0.29) is 0 Å². The van der Waals surface area contributed by atoms with Gasteiger partial charge in [-0.1, -0.05) is 0 Å². The van der Waals surface area contributed by atoms with E-state index in [1.54, 1.807) is 6.04 Å². The summed E-state index contributed by atoms with van der Waals surface area (Å²) in [5.74, 6) is -0.113. The van der Waals surface area contributed by atoms with E-state index in [1.807, 2.05) is 5.92 Å². The molecular formula is C5H5NO3. The van der Waals surface area contributed by atoms with Gasteiger partial charge in [-0.3, -0.25) is 4.79 Å². The Morgan fingerprint density at radius 1 is 1.56 bits per heavy atom. The Kier molecular flexibility index (Phi) is 2.91. The monoisotopic (exact) mass is 127 g/mol. The van der Waals surface area contributed by atoms with Gasteiger partial charge in [0.05, 0.1) is 7.11 Å². The number of nitrogens with two attached hydrogens (primary N) is 1. The van der Waals surface area contributed by atoms with Crippen LogP contribution in [-0.2, 0) is 14.3 Å². The van der Waals surface area contributed by atoms with Crippen molar-refractivity contribution in [1.82, 2.24) is 0 Å². The van der Waals surface area contributed by atoms with Crippen LogP contribution < -0.4 is 5.73 Å². The standard InChI is InChI=1S/C5H5NO3/c1-9-5(8)4(7)2-3-6/h6H2,1H3. The van der Waals surface area contributed by atoms with Crippen molar-refractivity contribution < 1.29 is 14.3 Å². The summed E-state index contributed by atoms with van der Waals surface area (Å²) in [7, 11) is 1.10. The van der Waals surface area contributed by atoms with Gasteiger partial charge >= 0.3 is 11.8 Å². The van der Waals surface area contributed by atoms with Crippen LogP contribution in [0.2, 0.25) is 0 Å². The summed E-state index contributed by atoms with van der Waals surface area (Å²) < 4.78 is 4.02. The molecule has 0 amide bonds. The van der Waals surface area contributed by atoms with Gasteiger partial charge in [-0.15, -0.1) is 0 Å². The van der Waals surface area contributed by atoms with E-state index in [9.17, 15) is 9.59 Å².